The SMILES string of the molecule is CN(Cc1cccc(C(=O)O)n1)C1CCC(C)(C)CC1. The predicted octanol–water partition coefficient (Wildman–Crippen LogP) is 3.18. The van der Waals surface area contributed by atoms with E-state index >= 15 is 0 Å². The topological polar surface area (TPSA) is 53.4 Å². The summed E-state index contributed by atoms with van der Waals surface area (Å²) >= 11 is 0. The maximum atomic E-state index is 10.9. The first-order valence-electron chi connectivity index (χ1n) is 7.27. The van der Waals surface area contributed by atoms with Crippen LogP contribution in [0.15, 0.2) is 18.2 Å². The number of carboxylic acids is 1. The predicted molar refractivity (Wildman–Crippen MR) is 78.7 cm³/mol. The number of rotatable bonds is 4. The summed E-state index contributed by atoms with van der Waals surface area (Å²) in [6.07, 6.45) is 4.93. The largest absolute Gasteiger partial charge is 0.477 e. The molecular formula is C16H24N2O2. The Balaban J connectivity index is 1.96. The van der Waals surface area contributed by atoms with Gasteiger partial charge in [0.25, 0.3) is 0 Å². The molecule has 1 aliphatic rings. The van der Waals surface area contributed by atoms with Crippen molar-refractivity contribution in [1.29, 1.82) is 0 Å². The molecule has 1 aromatic rings. The van der Waals surface area contributed by atoms with Crippen molar-refractivity contribution >= 4 is 5.97 Å². The fraction of sp³-hybridized carbons (Fsp3) is 0.625. The molecule has 1 heterocycles. The van der Waals surface area contributed by atoms with E-state index in [1.165, 1.54) is 31.7 Å². The van der Waals surface area contributed by atoms with Gasteiger partial charge in [0, 0.05) is 12.6 Å². The average molecular weight is 276 g/mol. The van der Waals surface area contributed by atoms with Crippen LogP contribution in [0, 0.1) is 5.41 Å². The van der Waals surface area contributed by atoms with Gasteiger partial charge in [-0.15, -0.1) is 0 Å². The van der Waals surface area contributed by atoms with Crippen molar-refractivity contribution < 1.29 is 9.90 Å². The molecule has 1 saturated carbocycles. The Bertz CT molecular complexity index is 475. The van der Waals surface area contributed by atoms with E-state index in [0.717, 1.165) is 5.69 Å². The van der Waals surface area contributed by atoms with Gasteiger partial charge in [0.05, 0.1) is 5.69 Å². The van der Waals surface area contributed by atoms with Gasteiger partial charge >= 0.3 is 5.97 Å². The van der Waals surface area contributed by atoms with Gasteiger partial charge < -0.3 is 5.11 Å². The number of nitrogens with zero attached hydrogens (tertiary/aromatic N) is 2. The first-order chi connectivity index (χ1) is 9.37. The van der Waals surface area contributed by atoms with Crippen LogP contribution in [0.3, 0.4) is 0 Å². The van der Waals surface area contributed by atoms with Crippen molar-refractivity contribution in [2.24, 2.45) is 5.41 Å². The second kappa shape index (κ2) is 5.92. The molecule has 1 N–H and O–H groups in total. The first-order valence-corrected chi connectivity index (χ1v) is 7.27. The van der Waals surface area contributed by atoms with Crippen LogP contribution < -0.4 is 0 Å². The minimum atomic E-state index is -0.964. The van der Waals surface area contributed by atoms with Gasteiger partial charge in [-0.25, -0.2) is 9.78 Å². The number of aromatic carboxylic acids is 1. The molecule has 0 unspecified atom stereocenters. The zero-order chi connectivity index (χ0) is 14.8. The number of hydrogen-bond donors (Lipinski definition) is 1. The summed E-state index contributed by atoms with van der Waals surface area (Å²) in [6, 6.07) is 5.78. The summed E-state index contributed by atoms with van der Waals surface area (Å²) in [5.74, 6) is -0.964. The summed E-state index contributed by atoms with van der Waals surface area (Å²) in [6.45, 7) is 5.38. The summed E-state index contributed by atoms with van der Waals surface area (Å²) in [5, 5.41) is 8.97. The van der Waals surface area contributed by atoms with E-state index < -0.39 is 5.97 Å². The first kappa shape index (κ1) is 15.0. The van der Waals surface area contributed by atoms with Gasteiger partial charge in [-0.2, -0.15) is 0 Å². The lowest BCUT2D eigenvalue weighted by molar-refractivity contribution is 0.0689. The highest BCUT2D eigenvalue weighted by molar-refractivity contribution is 5.85. The monoisotopic (exact) mass is 276 g/mol. The van der Waals surface area contributed by atoms with E-state index in [1.807, 2.05) is 6.07 Å². The Kier molecular flexibility index (Phi) is 4.43. The van der Waals surface area contributed by atoms with Crippen molar-refractivity contribution in [2.45, 2.75) is 52.1 Å². The minimum Gasteiger partial charge on any atom is -0.477 e. The van der Waals surface area contributed by atoms with E-state index in [-0.39, 0.29) is 5.69 Å². The van der Waals surface area contributed by atoms with Gasteiger partial charge in [-0.3, -0.25) is 4.90 Å². The maximum absolute atomic E-state index is 10.9. The summed E-state index contributed by atoms with van der Waals surface area (Å²) in [4.78, 5) is 17.4. The van der Waals surface area contributed by atoms with Gasteiger partial charge in [0.2, 0.25) is 0 Å². The molecule has 1 aliphatic carbocycles. The molecule has 4 nitrogen and oxygen atoms in total. The molecule has 0 aliphatic heterocycles. The van der Waals surface area contributed by atoms with E-state index in [2.05, 4.69) is 30.8 Å². The molecule has 1 fully saturated rings. The molecule has 0 amide bonds. The normalized spacial score (nSPS) is 19.2. The van der Waals surface area contributed by atoms with Crippen LogP contribution in [0.5, 0.6) is 0 Å². The second-order valence-corrected chi connectivity index (χ2v) is 6.63. The number of carbonyl (C=O) groups is 1. The molecule has 0 radical (unpaired) electrons. The van der Waals surface area contributed by atoms with Crippen LogP contribution in [-0.4, -0.2) is 34.0 Å². The van der Waals surface area contributed by atoms with E-state index in [1.54, 1.807) is 6.07 Å². The van der Waals surface area contributed by atoms with Crippen LogP contribution in [0.1, 0.15) is 55.7 Å². The van der Waals surface area contributed by atoms with Crippen LogP contribution in [-0.2, 0) is 6.54 Å². The van der Waals surface area contributed by atoms with Crippen LogP contribution >= 0.6 is 0 Å². The molecule has 2 rings (SSSR count). The Morgan fingerprint density at radius 3 is 2.65 bits per heavy atom. The summed E-state index contributed by atoms with van der Waals surface area (Å²) in [5.41, 5.74) is 1.43. The molecule has 0 bridgehead atoms. The molecule has 1 aromatic heterocycles. The Morgan fingerprint density at radius 2 is 2.05 bits per heavy atom. The van der Waals surface area contributed by atoms with Gasteiger partial charge in [-0.05, 0) is 50.3 Å². The van der Waals surface area contributed by atoms with Crippen molar-refractivity contribution in [3.63, 3.8) is 0 Å². The van der Waals surface area contributed by atoms with Crippen molar-refractivity contribution in [3.8, 4) is 0 Å². The molecule has 4 heteroatoms. The third kappa shape index (κ3) is 3.79. The number of pyridine rings is 1. The number of hydrogen-bond acceptors (Lipinski definition) is 3. The molecule has 0 atom stereocenters. The third-order valence-electron chi connectivity index (χ3n) is 4.37. The molecule has 0 saturated heterocycles. The summed E-state index contributed by atoms with van der Waals surface area (Å²) < 4.78 is 0. The standard InChI is InChI=1S/C16H24N2O2/c1-16(2)9-7-13(8-10-16)18(3)11-12-5-4-6-14(17-12)15(19)20/h4-6,13H,7-11H2,1-3H3,(H,19,20). The van der Waals surface area contributed by atoms with Gasteiger partial charge in [-0.1, -0.05) is 19.9 Å². The van der Waals surface area contributed by atoms with E-state index in [9.17, 15) is 4.79 Å². The highest BCUT2D eigenvalue weighted by atomic mass is 16.4. The van der Waals surface area contributed by atoms with Crippen molar-refractivity contribution in [3.05, 3.63) is 29.6 Å². The average Bonchev–Trinajstić information content (AvgIpc) is 2.38. The number of aromatic nitrogens is 1. The Hall–Kier alpha value is -1.42. The third-order valence-corrected chi connectivity index (χ3v) is 4.37. The van der Waals surface area contributed by atoms with Gasteiger partial charge in [0.15, 0.2) is 0 Å². The number of carboxylic acid groups (broad SMARTS) is 1. The summed E-state index contributed by atoms with van der Waals surface area (Å²) in [7, 11) is 2.11. The molecular weight excluding hydrogens is 252 g/mol. The smallest absolute Gasteiger partial charge is 0.354 e. The van der Waals surface area contributed by atoms with Crippen LogP contribution in [0.25, 0.3) is 0 Å². The van der Waals surface area contributed by atoms with E-state index in [4.69, 9.17) is 5.11 Å². The maximum Gasteiger partial charge on any atom is 0.354 e. The molecule has 20 heavy (non-hydrogen) atoms. The Morgan fingerprint density at radius 1 is 1.40 bits per heavy atom. The minimum absolute atomic E-state index is 0.126. The molecule has 0 aromatic carbocycles. The zero-order valence-electron chi connectivity index (χ0n) is 12.6. The zero-order valence-corrected chi connectivity index (χ0v) is 12.6. The second-order valence-electron chi connectivity index (χ2n) is 6.63. The lowest BCUT2D eigenvalue weighted by Gasteiger charge is -2.38. The molecule has 110 valence electrons. The molecule has 0 spiro atoms. The van der Waals surface area contributed by atoms with E-state index in [0.29, 0.717) is 18.0 Å². The quantitative estimate of drug-likeness (QED) is 0.917. The Labute approximate surface area is 120 Å². The van der Waals surface area contributed by atoms with Gasteiger partial charge in [0.1, 0.15) is 5.69 Å². The van der Waals surface area contributed by atoms with Crippen LogP contribution in [0.4, 0.5) is 0 Å². The van der Waals surface area contributed by atoms with Crippen molar-refractivity contribution in [2.75, 3.05) is 7.05 Å². The lowest BCUT2D eigenvalue weighted by Crippen LogP contribution is -2.37. The highest BCUT2D eigenvalue weighted by Crippen LogP contribution is 2.36. The fourth-order valence-corrected chi connectivity index (χ4v) is 2.90. The highest BCUT2D eigenvalue weighted by Gasteiger charge is 2.28. The lowest BCUT2D eigenvalue weighted by atomic mass is 9.75. The van der Waals surface area contributed by atoms with Crippen LogP contribution in [0.2, 0.25) is 0 Å². The van der Waals surface area contributed by atoms with Crippen molar-refractivity contribution in [1.82, 2.24) is 9.88 Å². The fourth-order valence-electron chi connectivity index (χ4n) is 2.90.